The van der Waals surface area contributed by atoms with Gasteiger partial charge in [0.15, 0.2) is 0 Å². The highest BCUT2D eigenvalue weighted by Crippen LogP contribution is 1.95. The Balaban J connectivity index is 0. The Bertz CT molecular complexity index is 208. The minimum Gasteiger partial charge on any atom is -0.478 e. The van der Waals surface area contributed by atoms with Crippen molar-refractivity contribution in [2.75, 3.05) is 0 Å². The molecule has 14 heavy (non-hydrogen) atoms. The zero-order valence-electron chi connectivity index (χ0n) is 8.53. The van der Waals surface area contributed by atoms with E-state index in [1.807, 2.05) is 13.8 Å². The van der Waals surface area contributed by atoms with Crippen molar-refractivity contribution in [3.05, 3.63) is 25.3 Å². The molecule has 1 unspecified atom stereocenters. The van der Waals surface area contributed by atoms with Crippen molar-refractivity contribution < 1.29 is 19.4 Å². The van der Waals surface area contributed by atoms with Crippen molar-refractivity contribution >= 4 is 11.9 Å². The highest BCUT2D eigenvalue weighted by atomic mass is 16.5. The second-order valence-electron chi connectivity index (χ2n) is 2.40. The minimum atomic E-state index is -0.981. The van der Waals surface area contributed by atoms with E-state index in [4.69, 9.17) is 9.84 Å². The summed E-state index contributed by atoms with van der Waals surface area (Å²) in [5, 5.41) is 7.60. The average molecular weight is 200 g/mol. The van der Waals surface area contributed by atoms with Crippen LogP contribution in [0, 0.1) is 0 Å². The molecule has 0 heterocycles. The zero-order chi connectivity index (χ0) is 11.6. The van der Waals surface area contributed by atoms with Crippen LogP contribution in [0.2, 0.25) is 0 Å². The van der Waals surface area contributed by atoms with Gasteiger partial charge in [-0.25, -0.2) is 9.59 Å². The number of rotatable bonds is 4. The summed E-state index contributed by atoms with van der Waals surface area (Å²) in [6.07, 6.45) is 2.86. The molecule has 0 fully saturated rings. The Labute approximate surface area is 83.9 Å². The lowest BCUT2D eigenvalue weighted by molar-refractivity contribution is -0.142. The van der Waals surface area contributed by atoms with Gasteiger partial charge in [0.25, 0.3) is 0 Å². The summed E-state index contributed by atoms with van der Waals surface area (Å²) in [6, 6.07) is 0. The maximum absolute atomic E-state index is 10.4. The van der Waals surface area contributed by atoms with Gasteiger partial charge in [0, 0.05) is 12.2 Å². The van der Waals surface area contributed by atoms with E-state index >= 15 is 0 Å². The number of aliphatic carboxylic acids is 1. The fraction of sp³-hybridized carbons (Fsp3) is 0.400. The van der Waals surface area contributed by atoms with Crippen LogP contribution in [0.1, 0.15) is 20.3 Å². The lowest BCUT2D eigenvalue weighted by Gasteiger charge is -2.07. The van der Waals surface area contributed by atoms with Crippen molar-refractivity contribution in [2.45, 2.75) is 26.4 Å². The Kier molecular flexibility index (Phi) is 10.1. The van der Waals surface area contributed by atoms with Crippen LogP contribution in [0.15, 0.2) is 25.3 Å². The highest BCUT2D eigenvalue weighted by Gasteiger charge is 2.01. The summed E-state index contributed by atoms with van der Waals surface area (Å²) in [4.78, 5) is 19.7. The lowest BCUT2D eigenvalue weighted by Crippen LogP contribution is -2.10. The normalized spacial score (nSPS) is 10.1. The van der Waals surface area contributed by atoms with Gasteiger partial charge in [-0.05, 0) is 13.3 Å². The second kappa shape index (κ2) is 9.51. The number of carbonyl (C=O) groups excluding carboxylic acids is 1. The molecule has 0 aromatic carbocycles. The molecule has 0 aliphatic carbocycles. The third-order valence-electron chi connectivity index (χ3n) is 1.23. The fourth-order valence-electron chi connectivity index (χ4n) is 0.330. The molecule has 1 N–H and O–H groups in total. The molecule has 0 aromatic rings. The SMILES string of the molecule is C=CC(=O)O.C=CC(=O)OC(C)CC. The largest absolute Gasteiger partial charge is 0.478 e. The van der Waals surface area contributed by atoms with Gasteiger partial charge < -0.3 is 9.84 Å². The summed E-state index contributed by atoms with van der Waals surface area (Å²) >= 11 is 0. The molecule has 0 aliphatic heterocycles. The van der Waals surface area contributed by atoms with Crippen LogP contribution in [-0.2, 0) is 14.3 Å². The van der Waals surface area contributed by atoms with E-state index in [-0.39, 0.29) is 12.1 Å². The molecule has 0 aromatic heterocycles. The average Bonchev–Trinajstić information content (AvgIpc) is 2.18. The number of hydrogen-bond acceptors (Lipinski definition) is 3. The van der Waals surface area contributed by atoms with E-state index in [2.05, 4.69) is 13.2 Å². The molecule has 80 valence electrons. The first kappa shape index (κ1) is 14.9. The van der Waals surface area contributed by atoms with Crippen molar-refractivity contribution in [3.8, 4) is 0 Å². The number of carboxylic acids is 1. The van der Waals surface area contributed by atoms with E-state index in [1.54, 1.807) is 0 Å². The Hall–Kier alpha value is -1.58. The Morgan fingerprint density at radius 2 is 1.86 bits per heavy atom. The van der Waals surface area contributed by atoms with Gasteiger partial charge in [-0.2, -0.15) is 0 Å². The first-order valence-electron chi connectivity index (χ1n) is 4.16. The van der Waals surface area contributed by atoms with E-state index in [9.17, 15) is 9.59 Å². The standard InChI is InChI=1S/C7H12O2.C3H4O2/c1-4-6(3)9-7(8)5-2;1-2-3(4)5/h5-6H,2,4H2,1,3H3;2H,1H2,(H,4,5). The predicted octanol–water partition coefficient (Wildman–Crippen LogP) is 1.77. The summed E-state index contributed by atoms with van der Waals surface area (Å²) in [7, 11) is 0. The summed E-state index contributed by atoms with van der Waals surface area (Å²) in [5.41, 5.74) is 0. The summed E-state index contributed by atoms with van der Waals surface area (Å²) in [5.74, 6) is -1.32. The number of esters is 1. The number of ether oxygens (including phenoxy) is 1. The Morgan fingerprint density at radius 3 is 2.07 bits per heavy atom. The quantitative estimate of drug-likeness (QED) is 0.555. The number of hydrogen-bond donors (Lipinski definition) is 1. The second-order valence-corrected chi connectivity index (χ2v) is 2.40. The Morgan fingerprint density at radius 1 is 1.43 bits per heavy atom. The van der Waals surface area contributed by atoms with Gasteiger partial charge in [-0.1, -0.05) is 20.1 Å². The first-order chi connectivity index (χ1) is 6.47. The van der Waals surface area contributed by atoms with Crippen molar-refractivity contribution in [2.24, 2.45) is 0 Å². The minimum absolute atomic E-state index is 0.00972. The van der Waals surface area contributed by atoms with Gasteiger partial charge in [-0.3, -0.25) is 0 Å². The monoisotopic (exact) mass is 200 g/mol. The summed E-state index contributed by atoms with van der Waals surface area (Å²) in [6.45, 7) is 10.0. The first-order valence-corrected chi connectivity index (χ1v) is 4.16. The third-order valence-corrected chi connectivity index (χ3v) is 1.23. The third kappa shape index (κ3) is 13.0. The van der Waals surface area contributed by atoms with Gasteiger partial charge >= 0.3 is 11.9 Å². The van der Waals surface area contributed by atoms with Gasteiger partial charge in [-0.15, -0.1) is 0 Å². The lowest BCUT2D eigenvalue weighted by atomic mass is 10.3. The van der Waals surface area contributed by atoms with Gasteiger partial charge in [0.1, 0.15) is 0 Å². The summed E-state index contributed by atoms with van der Waals surface area (Å²) < 4.78 is 4.79. The molecule has 4 heteroatoms. The maximum atomic E-state index is 10.4. The van der Waals surface area contributed by atoms with E-state index < -0.39 is 5.97 Å². The molecule has 0 aliphatic rings. The van der Waals surface area contributed by atoms with Crippen LogP contribution in [0.5, 0.6) is 0 Å². The van der Waals surface area contributed by atoms with Gasteiger partial charge in [0.05, 0.1) is 6.10 Å². The van der Waals surface area contributed by atoms with Crippen molar-refractivity contribution in [1.82, 2.24) is 0 Å². The molecule has 0 bridgehead atoms. The van der Waals surface area contributed by atoms with E-state index in [0.29, 0.717) is 0 Å². The van der Waals surface area contributed by atoms with E-state index in [0.717, 1.165) is 12.5 Å². The molecule has 0 saturated heterocycles. The molecule has 1 atom stereocenters. The molecular formula is C10H16O4. The fourth-order valence-corrected chi connectivity index (χ4v) is 0.330. The topological polar surface area (TPSA) is 63.6 Å². The van der Waals surface area contributed by atoms with Crippen LogP contribution in [0.3, 0.4) is 0 Å². The molecule has 0 radical (unpaired) electrons. The van der Waals surface area contributed by atoms with Crippen LogP contribution < -0.4 is 0 Å². The van der Waals surface area contributed by atoms with Crippen LogP contribution in [0.25, 0.3) is 0 Å². The number of carboxylic acid groups (broad SMARTS) is 1. The molecule has 0 saturated carbocycles. The molecule has 0 amide bonds. The van der Waals surface area contributed by atoms with Gasteiger partial charge in [0.2, 0.25) is 0 Å². The van der Waals surface area contributed by atoms with Crippen molar-refractivity contribution in [3.63, 3.8) is 0 Å². The highest BCUT2D eigenvalue weighted by molar-refractivity contribution is 5.81. The van der Waals surface area contributed by atoms with Crippen LogP contribution in [-0.4, -0.2) is 23.1 Å². The molecule has 0 spiro atoms. The zero-order valence-corrected chi connectivity index (χ0v) is 8.53. The van der Waals surface area contributed by atoms with Crippen molar-refractivity contribution in [1.29, 1.82) is 0 Å². The molecule has 4 nitrogen and oxygen atoms in total. The number of carbonyl (C=O) groups is 2. The molecule has 0 rings (SSSR count). The predicted molar refractivity (Wildman–Crippen MR) is 53.9 cm³/mol. The van der Waals surface area contributed by atoms with E-state index in [1.165, 1.54) is 6.08 Å². The van der Waals surface area contributed by atoms with Crippen LogP contribution in [0.4, 0.5) is 0 Å². The molecular weight excluding hydrogens is 184 g/mol. The van der Waals surface area contributed by atoms with Crippen LogP contribution >= 0.6 is 0 Å². The maximum Gasteiger partial charge on any atom is 0.330 e. The smallest absolute Gasteiger partial charge is 0.330 e.